The largest absolute Gasteiger partial charge is 0.458 e. The maximum Gasteiger partial charge on any atom is 0.417 e. The number of carbonyl (C=O) groups is 1. The molecule has 0 aromatic carbocycles. The Kier molecular flexibility index (Phi) is 5.91. The molecule has 6 nitrogen and oxygen atoms in total. The molecular weight excluding hydrogens is 387 g/mol. The van der Waals surface area contributed by atoms with Crippen LogP contribution in [0, 0.1) is 0 Å². The fourth-order valence-corrected chi connectivity index (χ4v) is 3.02. The van der Waals surface area contributed by atoms with E-state index in [1.807, 2.05) is 4.90 Å². The van der Waals surface area contributed by atoms with Crippen molar-refractivity contribution in [2.45, 2.75) is 6.18 Å². The number of aromatic nitrogens is 1. The summed E-state index contributed by atoms with van der Waals surface area (Å²) in [5.74, 6) is -0.0178. The summed E-state index contributed by atoms with van der Waals surface area (Å²) in [7, 11) is 0. The van der Waals surface area contributed by atoms with E-state index in [1.54, 1.807) is 6.07 Å². The molecule has 0 bridgehead atoms. The third kappa shape index (κ3) is 4.92. The fourth-order valence-electron chi connectivity index (χ4n) is 2.73. The third-order valence-corrected chi connectivity index (χ3v) is 4.46. The Hall–Kier alpha value is -2.26. The number of esters is 1. The maximum atomic E-state index is 12.7. The highest BCUT2D eigenvalue weighted by atomic mass is 35.5. The number of rotatable bonds is 5. The Morgan fingerprint density at radius 1 is 1.30 bits per heavy atom. The molecule has 0 aliphatic carbocycles. The lowest BCUT2D eigenvalue weighted by Crippen LogP contribution is -2.47. The van der Waals surface area contributed by atoms with Crippen LogP contribution in [0.25, 0.3) is 0 Å². The SMILES string of the molecule is O=C(OCCN1CCN(c2ncc(C(F)(F)F)cc2Cl)CC1)c1ccco1. The Morgan fingerprint density at radius 3 is 2.63 bits per heavy atom. The molecule has 2 aromatic rings. The van der Waals surface area contributed by atoms with Gasteiger partial charge in [0.1, 0.15) is 12.4 Å². The van der Waals surface area contributed by atoms with E-state index >= 15 is 0 Å². The van der Waals surface area contributed by atoms with Gasteiger partial charge in [0, 0.05) is 38.9 Å². The molecule has 0 spiro atoms. The van der Waals surface area contributed by atoms with Gasteiger partial charge in [-0.1, -0.05) is 11.6 Å². The Morgan fingerprint density at radius 2 is 2.04 bits per heavy atom. The van der Waals surface area contributed by atoms with Gasteiger partial charge in [0.15, 0.2) is 0 Å². The van der Waals surface area contributed by atoms with Crippen molar-refractivity contribution in [3.63, 3.8) is 0 Å². The quantitative estimate of drug-likeness (QED) is 0.714. The third-order valence-electron chi connectivity index (χ3n) is 4.18. The number of ether oxygens (including phenoxy) is 1. The molecule has 146 valence electrons. The number of carbonyl (C=O) groups excluding carboxylic acids is 1. The maximum absolute atomic E-state index is 12.7. The lowest BCUT2D eigenvalue weighted by molar-refractivity contribution is -0.137. The molecule has 0 saturated carbocycles. The number of pyridine rings is 1. The summed E-state index contributed by atoms with van der Waals surface area (Å²) in [6, 6.07) is 4.03. The highest BCUT2D eigenvalue weighted by Gasteiger charge is 2.32. The normalized spacial score (nSPS) is 15.8. The van der Waals surface area contributed by atoms with E-state index in [1.165, 1.54) is 12.3 Å². The molecule has 10 heteroatoms. The number of furan rings is 1. The monoisotopic (exact) mass is 403 g/mol. The summed E-state index contributed by atoms with van der Waals surface area (Å²) < 4.78 is 48.2. The topological polar surface area (TPSA) is 58.8 Å². The van der Waals surface area contributed by atoms with Gasteiger partial charge in [-0.15, -0.1) is 0 Å². The summed E-state index contributed by atoms with van der Waals surface area (Å²) in [5.41, 5.74) is -0.867. The summed E-state index contributed by atoms with van der Waals surface area (Å²) in [5, 5.41) is -0.0225. The summed E-state index contributed by atoms with van der Waals surface area (Å²) in [6.45, 7) is 3.19. The van der Waals surface area contributed by atoms with Crippen molar-refractivity contribution in [2.24, 2.45) is 0 Å². The zero-order valence-electron chi connectivity index (χ0n) is 14.2. The van der Waals surface area contributed by atoms with Crippen LogP contribution in [0.1, 0.15) is 16.1 Å². The van der Waals surface area contributed by atoms with Crippen LogP contribution in [0.2, 0.25) is 5.02 Å². The molecule has 0 radical (unpaired) electrons. The highest BCUT2D eigenvalue weighted by Crippen LogP contribution is 2.33. The molecule has 1 saturated heterocycles. The molecule has 3 heterocycles. The number of halogens is 4. The fraction of sp³-hybridized carbons (Fsp3) is 0.412. The van der Waals surface area contributed by atoms with Gasteiger partial charge in [-0.05, 0) is 18.2 Å². The number of alkyl halides is 3. The summed E-state index contributed by atoms with van der Waals surface area (Å²) in [4.78, 5) is 19.5. The van der Waals surface area contributed by atoms with Crippen molar-refractivity contribution in [3.8, 4) is 0 Å². The van der Waals surface area contributed by atoms with E-state index < -0.39 is 17.7 Å². The van der Waals surface area contributed by atoms with Gasteiger partial charge in [0.2, 0.25) is 5.76 Å². The standard InChI is InChI=1S/C17H17ClF3N3O3/c18-13-10-12(17(19,20)21)11-22-15(13)24-5-3-23(4-6-24)7-9-27-16(25)14-2-1-8-26-14/h1-2,8,10-11H,3-7,9H2. The van der Waals surface area contributed by atoms with E-state index in [4.69, 9.17) is 20.8 Å². The second-order valence-corrected chi connectivity index (χ2v) is 6.38. The van der Waals surface area contributed by atoms with Crippen LogP contribution in [-0.2, 0) is 10.9 Å². The van der Waals surface area contributed by atoms with Crippen LogP contribution in [-0.4, -0.2) is 55.2 Å². The van der Waals surface area contributed by atoms with E-state index in [0.29, 0.717) is 38.5 Å². The molecule has 1 fully saturated rings. The van der Waals surface area contributed by atoms with Crippen LogP contribution in [0.15, 0.2) is 35.1 Å². The van der Waals surface area contributed by atoms with Crippen LogP contribution in [0.3, 0.4) is 0 Å². The molecule has 27 heavy (non-hydrogen) atoms. The van der Waals surface area contributed by atoms with Crippen LogP contribution < -0.4 is 4.90 Å². The number of anilines is 1. The Balaban J connectivity index is 1.47. The van der Waals surface area contributed by atoms with Gasteiger partial charge in [0.05, 0.1) is 16.8 Å². The molecule has 0 amide bonds. The minimum absolute atomic E-state index is 0.0225. The molecule has 1 aliphatic heterocycles. The first-order valence-electron chi connectivity index (χ1n) is 8.25. The smallest absolute Gasteiger partial charge is 0.417 e. The number of nitrogens with zero attached hydrogens (tertiary/aromatic N) is 3. The van der Waals surface area contributed by atoms with E-state index in [9.17, 15) is 18.0 Å². The molecule has 2 aromatic heterocycles. The Labute approximate surface area is 158 Å². The molecule has 0 atom stereocenters. The van der Waals surface area contributed by atoms with Crippen LogP contribution >= 0.6 is 11.6 Å². The van der Waals surface area contributed by atoms with Crippen molar-refractivity contribution < 1.29 is 27.1 Å². The minimum atomic E-state index is -4.47. The zero-order chi connectivity index (χ0) is 19.4. The number of piperazine rings is 1. The van der Waals surface area contributed by atoms with Crippen molar-refractivity contribution in [2.75, 3.05) is 44.2 Å². The first kappa shape index (κ1) is 19.5. The van der Waals surface area contributed by atoms with E-state index in [-0.39, 0.29) is 17.4 Å². The first-order chi connectivity index (χ1) is 12.8. The predicted molar refractivity (Wildman–Crippen MR) is 91.9 cm³/mol. The zero-order valence-corrected chi connectivity index (χ0v) is 15.0. The van der Waals surface area contributed by atoms with Crippen molar-refractivity contribution >= 4 is 23.4 Å². The average Bonchev–Trinajstić information content (AvgIpc) is 3.16. The predicted octanol–water partition coefficient (Wildman–Crippen LogP) is 3.33. The average molecular weight is 404 g/mol. The number of hydrogen-bond donors (Lipinski definition) is 0. The first-order valence-corrected chi connectivity index (χ1v) is 8.63. The van der Waals surface area contributed by atoms with Gasteiger partial charge >= 0.3 is 12.1 Å². The molecule has 1 aliphatic rings. The van der Waals surface area contributed by atoms with Gasteiger partial charge in [-0.3, -0.25) is 4.90 Å². The molecule has 0 unspecified atom stereocenters. The molecule has 3 rings (SSSR count). The van der Waals surface area contributed by atoms with Crippen LogP contribution in [0.5, 0.6) is 0 Å². The van der Waals surface area contributed by atoms with Crippen molar-refractivity contribution in [3.05, 3.63) is 47.0 Å². The van der Waals surface area contributed by atoms with Gasteiger partial charge < -0.3 is 14.1 Å². The highest BCUT2D eigenvalue weighted by molar-refractivity contribution is 6.33. The van der Waals surface area contributed by atoms with Gasteiger partial charge in [0.25, 0.3) is 0 Å². The summed E-state index contributed by atoms with van der Waals surface area (Å²) >= 11 is 5.99. The van der Waals surface area contributed by atoms with Gasteiger partial charge in [-0.2, -0.15) is 13.2 Å². The second-order valence-electron chi connectivity index (χ2n) is 5.97. The van der Waals surface area contributed by atoms with Crippen LogP contribution in [0.4, 0.5) is 19.0 Å². The molecule has 0 N–H and O–H groups in total. The lowest BCUT2D eigenvalue weighted by Gasteiger charge is -2.35. The second kappa shape index (κ2) is 8.18. The number of hydrogen-bond acceptors (Lipinski definition) is 6. The molecular formula is C17H17ClF3N3O3. The van der Waals surface area contributed by atoms with Crippen molar-refractivity contribution in [1.82, 2.24) is 9.88 Å². The minimum Gasteiger partial charge on any atom is -0.458 e. The van der Waals surface area contributed by atoms with E-state index in [2.05, 4.69) is 9.88 Å². The lowest BCUT2D eigenvalue weighted by atomic mass is 10.2. The summed E-state index contributed by atoms with van der Waals surface area (Å²) in [6.07, 6.45) is -2.28. The van der Waals surface area contributed by atoms with E-state index in [0.717, 1.165) is 12.3 Å². The Bertz CT molecular complexity index is 775. The van der Waals surface area contributed by atoms with Gasteiger partial charge in [-0.25, -0.2) is 9.78 Å². The van der Waals surface area contributed by atoms with Crippen molar-refractivity contribution in [1.29, 1.82) is 0 Å².